The van der Waals surface area contributed by atoms with Gasteiger partial charge in [0.25, 0.3) is 0 Å². The van der Waals surface area contributed by atoms with Gasteiger partial charge in [0.05, 0.1) is 0 Å². The highest BCUT2D eigenvalue weighted by molar-refractivity contribution is 5.66. The number of rotatable bonds is 3. The summed E-state index contributed by atoms with van der Waals surface area (Å²) in [4.78, 5) is 3.98. The first kappa shape index (κ1) is 13.4. The Labute approximate surface area is 107 Å². The maximum absolute atomic E-state index is 12.0. The fraction of sp³-hybridized carbons (Fsp3) is 0.154. The van der Waals surface area contributed by atoms with Crippen molar-refractivity contribution in [3.63, 3.8) is 0 Å². The van der Waals surface area contributed by atoms with Crippen LogP contribution in [0.4, 0.5) is 13.2 Å². The molecule has 0 saturated carbocycles. The average molecular weight is 268 g/mol. The number of alkyl halides is 3. The van der Waals surface area contributed by atoms with E-state index in [-0.39, 0.29) is 5.75 Å². The minimum Gasteiger partial charge on any atom is -0.406 e. The summed E-state index contributed by atoms with van der Waals surface area (Å²) in [7, 11) is 0. The van der Waals surface area contributed by atoms with Crippen LogP contribution >= 0.6 is 0 Å². The first-order chi connectivity index (χ1) is 8.99. The molecule has 2 aromatic rings. The Morgan fingerprint density at radius 1 is 1.11 bits per heavy atom. The third-order valence-corrected chi connectivity index (χ3v) is 2.53. The van der Waals surface area contributed by atoms with Gasteiger partial charge < -0.3 is 10.5 Å². The molecule has 2 N–H and O–H groups in total. The van der Waals surface area contributed by atoms with Crippen LogP contribution in [-0.2, 0) is 6.54 Å². The van der Waals surface area contributed by atoms with Crippen molar-refractivity contribution < 1.29 is 17.9 Å². The van der Waals surface area contributed by atoms with Crippen LogP contribution in [0.2, 0.25) is 0 Å². The third kappa shape index (κ3) is 3.45. The molecule has 0 aliphatic rings. The van der Waals surface area contributed by atoms with Gasteiger partial charge in [0.1, 0.15) is 5.75 Å². The van der Waals surface area contributed by atoms with Crippen molar-refractivity contribution >= 4 is 0 Å². The van der Waals surface area contributed by atoms with Crippen molar-refractivity contribution in [2.24, 2.45) is 5.73 Å². The highest BCUT2D eigenvalue weighted by atomic mass is 19.4. The Morgan fingerprint density at radius 2 is 1.79 bits per heavy atom. The molecule has 2 rings (SSSR count). The topological polar surface area (TPSA) is 48.1 Å². The molecule has 1 aromatic carbocycles. The fourth-order valence-electron chi connectivity index (χ4n) is 1.70. The molecule has 1 heterocycles. The Kier molecular flexibility index (Phi) is 3.71. The second-order valence-corrected chi connectivity index (χ2v) is 3.81. The van der Waals surface area contributed by atoms with Gasteiger partial charge in [0.15, 0.2) is 0 Å². The Morgan fingerprint density at radius 3 is 2.37 bits per heavy atom. The van der Waals surface area contributed by atoms with Gasteiger partial charge in [0.2, 0.25) is 0 Å². The van der Waals surface area contributed by atoms with Crippen LogP contribution in [0.1, 0.15) is 5.56 Å². The largest absolute Gasteiger partial charge is 0.573 e. The number of hydrogen-bond donors (Lipinski definition) is 1. The number of ether oxygens (including phenoxy) is 1. The van der Waals surface area contributed by atoms with Gasteiger partial charge in [-0.25, -0.2) is 0 Å². The highest BCUT2D eigenvalue weighted by Gasteiger charge is 2.30. The zero-order valence-corrected chi connectivity index (χ0v) is 9.82. The van der Waals surface area contributed by atoms with Gasteiger partial charge in [-0.3, -0.25) is 4.98 Å². The van der Waals surface area contributed by atoms with E-state index in [1.54, 1.807) is 18.5 Å². The molecule has 100 valence electrons. The van der Waals surface area contributed by atoms with Crippen LogP contribution in [0.15, 0.2) is 42.7 Å². The Hall–Kier alpha value is -2.08. The summed E-state index contributed by atoms with van der Waals surface area (Å²) in [6, 6.07) is 7.37. The van der Waals surface area contributed by atoms with Crippen molar-refractivity contribution in [2.75, 3.05) is 0 Å². The standard InChI is InChI=1S/C13H11F3N2O/c14-13(15,16)19-11-3-1-9(2-4-11)12-8-18-6-5-10(12)7-17/h1-6,8H,7,17H2. The molecule has 0 aliphatic carbocycles. The van der Waals surface area contributed by atoms with E-state index in [0.29, 0.717) is 6.54 Å². The zero-order valence-electron chi connectivity index (χ0n) is 9.82. The molecule has 3 nitrogen and oxygen atoms in total. The molecule has 0 fully saturated rings. The smallest absolute Gasteiger partial charge is 0.406 e. The van der Waals surface area contributed by atoms with Gasteiger partial charge in [-0.2, -0.15) is 0 Å². The molecule has 0 aliphatic heterocycles. The van der Waals surface area contributed by atoms with Crippen LogP contribution in [0.3, 0.4) is 0 Å². The molecular formula is C13H11F3N2O. The van der Waals surface area contributed by atoms with E-state index in [1.807, 2.05) is 0 Å². The van der Waals surface area contributed by atoms with Crippen molar-refractivity contribution in [1.82, 2.24) is 4.98 Å². The predicted molar refractivity (Wildman–Crippen MR) is 64.2 cm³/mol. The molecule has 0 amide bonds. The number of nitrogens with two attached hydrogens (primary N) is 1. The second-order valence-electron chi connectivity index (χ2n) is 3.81. The second kappa shape index (κ2) is 5.27. The third-order valence-electron chi connectivity index (χ3n) is 2.53. The predicted octanol–water partition coefficient (Wildman–Crippen LogP) is 3.11. The van der Waals surface area contributed by atoms with Gasteiger partial charge in [-0.1, -0.05) is 12.1 Å². The van der Waals surface area contributed by atoms with Crippen molar-refractivity contribution in [3.05, 3.63) is 48.3 Å². The summed E-state index contributed by atoms with van der Waals surface area (Å²) in [6.07, 6.45) is -1.44. The summed E-state index contributed by atoms with van der Waals surface area (Å²) in [5.74, 6) is -0.255. The Balaban J connectivity index is 2.27. The van der Waals surface area contributed by atoms with Gasteiger partial charge in [0, 0.05) is 24.5 Å². The summed E-state index contributed by atoms with van der Waals surface area (Å²) in [5, 5.41) is 0. The minimum absolute atomic E-state index is 0.255. The molecule has 1 aromatic heterocycles. The van der Waals surface area contributed by atoms with E-state index >= 15 is 0 Å². The number of nitrogens with zero attached hydrogens (tertiary/aromatic N) is 1. The molecule has 0 atom stereocenters. The van der Waals surface area contributed by atoms with Gasteiger partial charge in [-0.15, -0.1) is 13.2 Å². The van der Waals surface area contributed by atoms with Crippen LogP contribution in [0.5, 0.6) is 5.75 Å². The monoisotopic (exact) mass is 268 g/mol. The first-order valence-electron chi connectivity index (χ1n) is 5.49. The summed E-state index contributed by atoms with van der Waals surface area (Å²) < 4.78 is 39.9. The van der Waals surface area contributed by atoms with Crippen LogP contribution < -0.4 is 10.5 Å². The maximum Gasteiger partial charge on any atom is 0.573 e. The maximum atomic E-state index is 12.0. The fourth-order valence-corrected chi connectivity index (χ4v) is 1.70. The van der Waals surface area contributed by atoms with Crippen LogP contribution in [-0.4, -0.2) is 11.3 Å². The molecular weight excluding hydrogens is 257 g/mol. The molecule has 0 radical (unpaired) electrons. The highest BCUT2D eigenvalue weighted by Crippen LogP contribution is 2.27. The lowest BCUT2D eigenvalue weighted by molar-refractivity contribution is -0.274. The quantitative estimate of drug-likeness (QED) is 0.930. The molecule has 0 spiro atoms. The van der Waals surface area contributed by atoms with Crippen molar-refractivity contribution in [1.29, 1.82) is 0 Å². The molecule has 0 saturated heterocycles. The molecule has 0 bridgehead atoms. The lowest BCUT2D eigenvalue weighted by Gasteiger charge is -2.10. The number of pyridine rings is 1. The van der Waals surface area contributed by atoms with Crippen molar-refractivity contribution in [3.8, 4) is 16.9 Å². The lowest BCUT2D eigenvalue weighted by Crippen LogP contribution is -2.16. The van der Waals surface area contributed by atoms with E-state index in [9.17, 15) is 13.2 Å². The van der Waals surface area contributed by atoms with E-state index in [2.05, 4.69) is 9.72 Å². The summed E-state index contributed by atoms with van der Waals surface area (Å²) >= 11 is 0. The average Bonchev–Trinajstić information content (AvgIpc) is 2.38. The number of benzene rings is 1. The van der Waals surface area contributed by atoms with Crippen LogP contribution in [0, 0.1) is 0 Å². The van der Waals surface area contributed by atoms with Gasteiger partial charge >= 0.3 is 6.36 Å². The number of hydrogen-bond acceptors (Lipinski definition) is 3. The number of halogens is 3. The summed E-state index contributed by atoms with van der Waals surface area (Å²) in [5.41, 5.74) is 8.01. The lowest BCUT2D eigenvalue weighted by atomic mass is 10.0. The van der Waals surface area contributed by atoms with Crippen molar-refractivity contribution in [2.45, 2.75) is 12.9 Å². The molecule has 19 heavy (non-hydrogen) atoms. The van der Waals surface area contributed by atoms with E-state index in [0.717, 1.165) is 16.7 Å². The molecule has 6 heteroatoms. The summed E-state index contributed by atoms with van der Waals surface area (Å²) in [6.45, 7) is 0.332. The van der Waals surface area contributed by atoms with E-state index in [4.69, 9.17) is 5.73 Å². The molecule has 0 unspecified atom stereocenters. The first-order valence-corrected chi connectivity index (χ1v) is 5.49. The number of aromatic nitrogens is 1. The minimum atomic E-state index is -4.68. The van der Waals surface area contributed by atoms with E-state index in [1.165, 1.54) is 24.3 Å². The SMILES string of the molecule is NCc1ccncc1-c1ccc(OC(F)(F)F)cc1. The van der Waals surface area contributed by atoms with E-state index < -0.39 is 6.36 Å². The zero-order chi connectivity index (χ0) is 13.9. The Bertz CT molecular complexity index is 553. The normalized spacial score (nSPS) is 11.4. The van der Waals surface area contributed by atoms with Crippen LogP contribution in [0.25, 0.3) is 11.1 Å². The van der Waals surface area contributed by atoms with Gasteiger partial charge in [-0.05, 0) is 29.3 Å².